The number of halogens is 3. The van der Waals surface area contributed by atoms with Crippen LogP contribution in [0.2, 0.25) is 0 Å². The van der Waals surface area contributed by atoms with Crippen molar-refractivity contribution in [1.82, 2.24) is 5.32 Å². The quantitative estimate of drug-likeness (QED) is 0.353. The molecule has 10 heteroatoms. The summed E-state index contributed by atoms with van der Waals surface area (Å²) in [6.07, 6.45) is -3.86. The second kappa shape index (κ2) is 9.95. The van der Waals surface area contributed by atoms with Crippen LogP contribution in [0.25, 0.3) is 0 Å². The minimum atomic E-state index is -4.89. The number of carbonyl (C=O) groups excluding carboxylic acids is 1. The molecular formula is C18H23F3N2O5. The molecule has 0 aliphatic rings. The molecule has 1 rings (SSSR count). The number of amides is 1. The monoisotopic (exact) mass is 404 g/mol. The Morgan fingerprint density at radius 1 is 1.32 bits per heavy atom. The van der Waals surface area contributed by atoms with Gasteiger partial charge in [-0.3, -0.25) is 15.0 Å². The number of hydrogen-bond donors (Lipinski definition) is 4. The Hall–Kier alpha value is -2.78. The summed E-state index contributed by atoms with van der Waals surface area (Å²) in [7, 11) is 0. The third-order valence-corrected chi connectivity index (χ3v) is 3.85. The normalized spacial score (nSPS) is 12.3. The Balaban J connectivity index is 2.78. The van der Waals surface area contributed by atoms with Crippen LogP contribution in [0.5, 0.6) is 11.5 Å². The average Bonchev–Trinajstić information content (AvgIpc) is 2.60. The smallest absolute Gasteiger partial charge is 0.433 e. The van der Waals surface area contributed by atoms with Crippen LogP contribution in [-0.2, 0) is 16.0 Å². The number of alkyl halides is 3. The topological polar surface area (TPSA) is 120 Å². The van der Waals surface area contributed by atoms with Gasteiger partial charge in [0.25, 0.3) is 0 Å². The van der Waals surface area contributed by atoms with Gasteiger partial charge in [0, 0.05) is 17.5 Å². The Morgan fingerprint density at radius 2 is 1.96 bits per heavy atom. The van der Waals surface area contributed by atoms with E-state index in [2.05, 4.69) is 5.32 Å². The van der Waals surface area contributed by atoms with Gasteiger partial charge in [-0.15, -0.1) is 0 Å². The number of rotatable bonds is 10. The lowest BCUT2D eigenvalue weighted by Gasteiger charge is -2.17. The zero-order valence-corrected chi connectivity index (χ0v) is 15.5. The predicted octanol–water partition coefficient (Wildman–Crippen LogP) is 3.02. The second-order valence-corrected chi connectivity index (χ2v) is 6.14. The van der Waals surface area contributed by atoms with Gasteiger partial charge in [0.15, 0.2) is 0 Å². The number of benzene rings is 1. The van der Waals surface area contributed by atoms with E-state index in [1.165, 1.54) is 13.0 Å². The molecule has 0 saturated heterocycles. The first-order chi connectivity index (χ1) is 13.0. The number of carboxylic acids is 1. The molecule has 0 bridgehead atoms. The minimum Gasteiger partial charge on any atom is -0.507 e. The zero-order chi connectivity index (χ0) is 21.5. The van der Waals surface area contributed by atoms with Gasteiger partial charge < -0.3 is 20.3 Å². The summed E-state index contributed by atoms with van der Waals surface area (Å²) in [6, 6.07) is 1.21. The number of ether oxygens (including phenoxy) is 1. The maximum Gasteiger partial charge on any atom is 0.433 e. The van der Waals surface area contributed by atoms with Crippen molar-refractivity contribution in [3.8, 4) is 11.5 Å². The van der Waals surface area contributed by atoms with Gasteiger partial charge in [-0.25, -0.2) is 0 Å². The van der Waals surface area contributed by atoms with E-state index in [1.807, 2.05) is 0 Å². The maximum atomic E-state index is 12.8. The predicted molar refractivity (Wildman–Crippen MR) is 95.0 cm³/mol. The molecule has 1 atom stereocenters. The van der Waals surface area contributed by atoms with Crippen molar-refractivity contribution in [2.24, 2.45) is 0 Å². The summed E-state index contributed by atoms with van der Waals surface area (Å²) in [5.74, 6) is -2.09. The number of hydrogen-bond acceptors (Lipinski definition) is 5. The van der Waals surface area contributed by atoms with E-state index in [9.17, 15) is 27.9 Å². The highest BCUT2D eigenvalue weighted by molar-refractivity contribution is 6.04. The second-order valence-electron chi connectivity index (χ2n) is 6.14. The Morgan fingerprint density at radius 3 is 2.50 bits per heavy atom. The largest absolute Gasteiger partial charge is 0.507 e. The van der Waals surface area contributed by atoms with E-state index in [4.69, 9.17) is 15.3 Å². The number of phenolic OH excluding ortho intramolecular Hbond substituents is 1. The molecule has 1 aromatic carbocycles. The first-order valence-corrected chi connectivity index (χ1v) is 8.64. The van der Waals surface area contributed by atoms with Crippen LogP contribution in [0.15, 0.2) is 12.1 Å². The summed E-state index contributed by atoms with van der Waals surface area (Å²) in [5.41, 5.74) is -2.10. The van der Waals surface area contributed by atoms with Gasteiger partial charge in [0.1, 0.15) is 23.3 Å². The molecule has 7 nitrogen and oxygen atoms in total. The number of carboxylic acid groups (broad SMARTS) is 1. The average molecular weight is 404 g/mol. The third kappa shape index (κ3) is 6.43. The first-order valence-electron chi connectivity index (χ1n) is 8.64. The maximum absolute atomic E-state index is 12.8. The summed E-state index contributed by atoms with van der Waals surface area (Å²) in [4.78, 5) is 22.3. The number of nitrogens with one attached hydrogen (secondary N) is 2. The number of aromatic hydroxyl groups is 1. The van der Waals surface area contributed by atoms with Gasteiger partial charge in [-0.1, -0.05) is 13.3 Å². The first kappa shape index (κ1) is 23.3. The van der Waals surface area contributed by atoms with Crippen LogP contribution >= 0.6 is 0 Å². The highest BCUT2D eigenvalue weighted by atomic mass is 19.4. The van der Waals surface area contributed by atoms with Crippen LogP contribution < -0.4 is 10.1 Å². The van der Waals surface area contributed by atoms with E-state index in [-0.39, 0.29) is 37.2 Å². The Kier molecular flexibility index (Phi) is 8.27. The van der Waals surface area contributed by atoms with Crippen molar-refractivity contribution in [2.75, 3.05) is 6.61 Å². The molecule has 28 heavy (non-hydrogen) atoms. The highest BCUT2D eigenvalue weighted by Crippen LogP contribution is 2.35. The number of phenols is 1. The summed E-state index contributed by atoms with van der Waals surface area (Å²) in [6.45, 7) is 3.15. The molecule has 0 aliphatic carbocycles. The molecule has 1 aromatic rings. The molecule has 0 spiro atoms. The van der Waals surface area contributed by atoms with Gasteiger partial charge in [-0.05, 0) is 31.9 Å². The Bertz CT molecular complexity index is 735. The van der Waals surface area contributed by atoms with Crippen molar-refractivity contribution < 1.29 is 37.7 Å². The standard InChI is InChI=1S/C18H23F3N2O5/c1-3-5-11-13(8-7-12(15(11)25)16(22)18(19,20)21)28-9-4-6-14(24)23-10(2)17(26)27/h7-8,10,22,25H,3-6,9H2,1-2H3,(H,23,24)(H,26,27)/t10-/m0/s1. The fraction of sp³-hybridized carbons (Fsp3) is 0.500. The number of carbonyl (C=O) groups is 2. The van der Waals surface area contributed by atoms with Crippen LogP contribution in [0.4, 0.5) is 13.2 Å². The van der Waals surface area contributed by atoms with Crippen molar-refractivity contribution in [3.05, 3.63) is 23.3 Å². The molecule has 0 saturated carbocycles. The van der Waals surface area contributed by atoms with E-state index in [0.717, 1.165) is 6.07 Å². The summed E-state index contributed by atoms with van der Waals surface area (Å²) < 4.78 is 43.8. The fourth-order valence-corrected chi connectivity index (χ4v) is 2.39. The van der Waals surface area contributed by atoms with Crippen molar-refractivity contribution in [2.45, 2.75) is 51.7 Å². The minimum absolute atomic E-state index is 0.00349. The van der Waals surface area contributed by atoms with E-state index < -0.39 is 41.1 Å². The lowest BCUT2D eigenvalue weighted by atomic mass is 10.00. The van der Waals surface area contributed by atoms with Gasteiger partial charge >= 0.3 is 12.1 Å². The SMILES string of the molecule is CCCc1c(OCCCC(=O)N[C@@H](C)C(=O)O)ccc(C(=N)C(F)(F)F)c1O. The van der Waals surface area contributed by atoms with Gasteiger partial charge in [-0.2, -0.15) is 13.2 Å². The third-order valence-electron chi connectivity index (χ3n) is 3.85. The van der Waals surface area contributed by atoms with Crippen molar-refractivity contribution in [1.29, 1.82) is 5.41 Å². The lowest BCUT2D eigenvalue weighted by Crippen LogP contribution is -2.38. The molecular weight excluding hydrogens is 381 g/mol. The molecule has 4 N–H and O–H groups in total. The van der Waals surface area contributed by atoms with E-state index >= 15 is 0 Å². The van der Waals surface area contributed by atoms with Crippen molar-refractivity contribution in [3.63, 3.8) is 0 Å². The fourth-order valence-electron chi connectivity index (χ4n) is 2.39. The zero-order valence-electron chi connectivity index (χ0n) is 15.5. The van der Waals surface area contributed by atoms with Crippen LogP contribution in [-0.4, -0.2) is 46.6 Å². The molecule has 0 radical (unpaired) electrons. The van der Waals surface area contributed by atoms with E-state index in [1.54, 1.807) is 6.92 Å². The number of aliphatic carboxylic acids is 1. The van der Waals surface area contributed by atoms with Crippen LogP contribution in [0.1, 0.15) is 44.2 Å². The molecule has 0 unspecified atom stereocenters. The van der Waals surface area contributed by atoms with Gasteiger partial charge in [0.05, 0.1) is 6.61 Å². The van der Waals surface area contributed by atoms with Crippen LogP contribution in [0.3, 0.4) is 0 Å². The van der Waals surface area contributed by atoms with E-state index in [0.29, 0.717) is 6.42 Å². The summed E-state index contributed by atoms with van der Waals surface area (Å²) >= 11 is 0. The molecule has 0 heterocycles. The lowest BCUT2D eigenvalue weighted by molar-refractivity contribution is -0.141. The van der Waals surface area contributed by atoms with Crippen LogP contribution in [0, 0.1) is 5.41 Å². The highest BCUT2D eigenvalue weighted by Gasteiger charge is 2.37. The molecule has 0 fully saturated rings. The molecule has 0 aliphatic heterocycles. The van der Waals surface area contributed by atoms with Gasteiger partial charge in [0.2, 0.25) is 5.91 Å². The molecule has 0 aromatic heterocycles. The Labute approximate surface area is 160 Å². The summed E-state index contributed by atoms with van der Waals surface area (Å²) in [5, 5.41) is 28.4. The van der Waals surface area contributed by atoms with Crippen molar-refractivity contribution >= 4 is 17.6 Å². The molecule has 1 amide bonds. The molecule has 156 valence electrons.